The molecule has 0 bridgehead atoms. The molecular weight excluding hydrogens is 251 g/mol. The van der Waals surface area contributed by atoms with Crippen molar-refractivity contribution in [2.24, 2.45) is 0 Å². The molecule has 1 saturated heterocycles. The van der Waals surface area contributed by atoms with Crippen molar-refractivity contribution in [2.75, 3.05) is 4.43 Å². The largest absolute Gasteiger partial charge is 0.387 e. The molecule has 4 nitrogen and oxygen atoms in total. The third-order valence-corrected chi connectivity index (χ3v) is 2.36. The van der Waals surface area contributed by atoms with Gasteiger partial charge in [-0.05, 0) is 0 Å². The Hall–Kier alpha value is 0.570. The number of aliphatic hydroxyl groups is 3. The Labute approximate surface area is 72.0 Å². The highest BCUT2D eigenvalue weighted by Crippen LogP contribution is 2.20. The lowest BCUT2D eigenvalue weighted by atomic mass is 10.2. The van der Waals surface area contributed by atoms with E-state index in [9.17, 15) is 0 Å². The van der Waals surface area contributed by atoms with Crippen LogP contribution >= 0.6 is 22.6 Å². The fourth-order valence-corrected chi connectivity index (χ4v) is 1.58. The number of hydrogen-bond acceptors (Lipinski definition) is 4. The Morgan fingerprint density at radius 3 is 2.00 bits per heavy atom. The summed E-state index contributed by atoms with van der Waals surface area (Å²) in [4.78, 5) is 0. The molecule has 0 radical (unpaired) electrons. The lowest BCUT2D eigenvalue weighted by molar-refractivity contribution is -0.123. The van der Waals surface area contributed by atoms with Crippen molar-refractivity contribution in [2.45, 2.75) is 24.6 Å². The van der Waals surface area contributed by atoms with Crippen molar-refractivity contribution < 1.29 is 20.1 Å². The van der Waals surface area contributed by atoms with Crippen molar-refractivity contribution in [3.05, 3.63) is 0 Å². The second kappa shape index (κ2) is 3.31. The zero-order valence-electron chi connectivity index (χ0n) is 5.14. The van der Waals surface area contributed by atoms with Crippen LogP contribution in [0.1, 0.15) is 0 Å². The first-order valence-corrected chi connectivity index (χ1v) is 4.45. The van der Waals surface area contributed by atoms with E-state index in [-0.39, 0.29) is 0 Å². The SMILES string of the molecule is OC1O[C@H](CI)[C@@H](O)[C@@H]1O. The number of rotatable bonds is 1. The summed E-state index contributed by atoms with van der Waals surface area (Å²) in [6.07, 6.45) is -3.77. The maximum absolute atomic E-state index is 9.09. The van der Waals surface area contributed by atoms with Crippen molar-refractivity contribution in [1.82, 2.24) is 0 Å². The van der Waals surface area contributed by atoms with Gasteiger partial charge in [0.15, 0.2) is 6.29 Å². The minimum atomic E-state index is -1.23. The molecule has 0 aromatic rings. The van der Waals surface area contributed by atoms with Crippen molar-refractivity contribution in [3.8, 4) is 0 Å². The van der Waals surface area contributed by atoms with Gasteiger partial charge in [0.05, 0.1) is 6.10 Å². The van der Waals surface area contributed by atoms with Crippen LogP contribution < -0.4 is 0 Å². The minimum Gasteiger partial charge on any atom is -0.387 e. The molecule has 10 heavy (non-hydrogen) atoms. The lowest BCUT2D eigenvalue weighted by Gasteiger charge is -2.09. The fourth-order valence-electron chi connectivity index (χ4n) is 0.856. The predicted octanol–water partition coefficient (Wildman–Crippen LogP) is -1.14. The average molecular weight is 260 g/mol. The van der Waals surface area contributed by atoms with Crippen LogP contribution in [0.4, 0.5) is 0 Å². The zero-order valence-corrected chi connectivity index (χ0v) is 7.30. The molecule has 0 aromatic carbocycles. The fraction of sp³-hybridized carbons (Fsp3) is 1.00. The molecule has 0 amide bonds. The quantitative estimate of drug-likeness (QED) is 0.412. The minimum absolute atomic E-state index is 0.439. The highest BCUT2D eigenvalue weighted by molar-refractivity contribution is 14.1. The van der Waals surface area contributed by atoms with E-state index >= 15 is 0 Å². The van der Waals surface area contributed by atoms with Crippen LogP contribution in [-0.2, 0) is 4.74 Å². The van der Waals surface area contributed by atoms with Crippen LogP contribution in [0.15, 0.2) is 0 Å². The summed E-state index contributed by atoms with van der Waals surface area (Å²) in [6, 6.07) is 0. The Morgan fingerprint density at radius 1 is 1.20 bits per heavy atom. The van der Waals surface area contributed by atoms with Crippen LogP contribution in [0.25, 0.3) is 0 Å². The van der Waals surface area contributed by atoms with Crippen LogP contribution in [0.5, 0.6) is 0 Å². The summed E-state index contributed by atoms with van der Waals surface area (Å²) in [6.45, 7) is 0. The highest BCUT2D eigenvalue weighted by Gasteiger charge is 2.40. The van der Waals surface area contributed by atoms with Gasteiger partial charge in [-0.3, -0.25) is 0 Å². The van der Waals surface area contributed by atoms with E-state index in [0.29, 0.717) is 4.43 Å². The van der Waals surface area contributed by atoms with Gasteiger partial charge < -0.3 is 20.1 Å². The molecule has 1 heterocycles. The Morgan fingerprint density at radius 2 is 1.80 bits per heavy atom. The van der Waals surface area contributed by atoms with E-state index in [0.717, 1.165) is 0 Å². The molecule has 60 valence electrons. The number of ether oxygens (including phenoxy) is 1. The second-order valence-electron chi connectivity index (χ2n) is 2.20. The Kier molecular flexibility index (Phi) is 2.87. The van der Waals surface area contributed by atoms with Gasteiger partial charge in [-0.1, -0.05) is 22.6 Å². The van der Waals surface area contributed by atoms with Gasteiger partial charge in [0.25, 0.3) is 0 Å². The predicted molar refractivity (Wildman–Crippen MR) is 41.8 cm³/mol. The van der Waals surface area contributed by atoms with E-state index < -0.39 is 24.6 Å². The molecule has 0 spiro atoms. The standard InChI is InChI=1S/C5H9IO4/c6-1-2-3(7)4(8)5(9)10-2/h2-5,7-9H,1H2/t2-,3-,4+,5?/m1/s1. The van der Waals surface area contributed by atoms with Gasteiger partial charge in [0, 0.05) is 4.43 Å². The van der Waals surface area contributed by atoms with Crippen molar-refractivity contribution in [3.63, 3.8) is 0 Å². The summed E-state index contributed by atoms with van der Waals surface area (Å²) in [7, 11) is 0. The molecule has 0 saturated carbocycles. The summed E-state index contributed by atoms with van der Waals surface area (Å²) in [5, 5.41) is 26.9. The van der Waals surface area contributed by atoms with E-state index in [1.165, 1.54) is 0 Å². The van der Waals surface area contributed by atoms with Crippen molar-refractivity contribution >= 4 is 22.6 Å². The van der Waals surface area contributed by atoms with Crippen LogP contribution in [0.3, 0.4) is 0 Å². The molecule has 0 aliphatic carbocycles. The van der Waals surface area contributed by atoms with E-state index in [2.05, 4.69) is 0 Å². The monoisotopic (exact) mass is 260 g/mol. The molecule has 3 N–H and O–H groups in total. The highest BCUT2D eigenvalue weighted by atomic mass is 127. The number of hydrogen-bond donors (Lipinski definition) is 3. The molecule has 1 aliphatic rings. The molecule has 1 aliphatic heterocycles. The van der Waals surface area contributed by atoms with E-state index in [1.54, 1.807) is 0 Å². The Bertz CT molecular complexity index is 120. The topological polar surface area (TPSA) is 69.9 Å². The normalized spacial score (nSPS) is 48.0. The first-order valence-electron chi connectivity index (χ1n) is 2.92. The molecule has 4 atom stereocenters. The van der Waals surface area contributed by atoms with Crippen LogP contribution in [0.2, 0.25) is 0 Å². The third kappa shape index (κ3) is 1.42. The summed E-state index contributed by atoms with van der Waals surface area (Å²) < 4.78 is 5.35. The van der Waals surface area contributed by atoms with Crippen molar-refractivity contribution in [1.29, 1.82) is 0 Å². The lowest BCUT2D eigenvalue weighted by Crippen LogP contribution is -2.32. The average Bonchev–Trinajstić information content (AvgIpc) is 2.17. The first-order chi connectivity index (χ1) is 4.66. The molecule has 1 fully saturated rings. The van der Waals surface area contributed by atoms with Crippen LogP contribution in [-0.4, -0.2) is 44.3 Å². The molecule has 1 rings (SSSR count). The number of alkyl halides is 1. The maximum atomic E-state index is 9.09. The third-order valence-electron chi connectivity index (χ3n) is 1.49. The number of halogens is 1. The number of aliphatic hydroxyl groups excluding tert-OH is 3. The smallest absolute Gasteiger partial charge is 0.183 e. The van der Waals surface area contributed by atoms with E-state index in [4.69, 9.17) is 20.1 Å². The zero-order chi connectivity index (χ0) is 7.72. The van der Waals surface area contributed by atoms with Gasteiger partial charge in [0.2, 0.25) is 0 Å². The molecule has 5 heteroatoms. The van der Waals surface area contributed by atoms with E-state index in [1.807, 2.05) is 22.6 Å². The molecule has 0 aromatic heterocycles. The summed E-state index contributed by atoms with van der Waals surface area (Å²) >= 11 is 2.02. The van der Waals surface area contributed by atoms with Gasteiger partial charge >= 0.3 is 0 Å². The summed E-state index contributed by atoms with van der Waals surface area (Å²) in [5.74, 6) is 0. The summed E-state index contributed by atoms with van der Waals surface area (Å²) in [5.41, 5.74) is 0. The van der Waals surface area contributed by atoms with Crippen LogP contribution in [0, 0.1) is 0 Å². The molecule has 1 unspecified atom stereocenters. The first kappa shape index (κ1) is 8.66. The van der Waals surface area contributed by atoms with Gasteiger partial charge in [0.1, 0.15) is 12.2 Å². The van der Waals surface area contributed by atoms with Gasteiger partial charge in [-0.25, -0.2) is 0 Å². The molecular formula is C5H9IO4. The Balaban J connectivity index is 2.53. The van der Waals surface area contributed by atoms with Gasteiger partial charge in [-0.15, -0.1) is 0 Å². The second-order valence-corrected chi connectivity index (χ2v) is 3.08. The van der Waals surface area contributed by atoms with Gasteiger partial charge in [-0.2, -0.15) is 0 Å². The maximum Gasteiger partial charge on any atom is 0.183 e.